The van der Waals surface area contributed by atoms with Gasteiger partial charge >= 0.3 is 0 Å². The topological polar surface area (TPSA) is 65.4 Å². The summed E-state index contributed by atoms with van der Waals surface area (Å²) in [5.74, 6) is 1.38. The maximum Gasteiger partial charge on any atom is 0.185 e. The Morgan fingerprint density at radius 1 is 1.15 bits per heavy atom. The molecule has 0 saturated heterocycles. The summed E-state index contributed by atoms with van der Waals surface area (Å²) in [6, 6.07) is 11.2. The van der Waals surface area contributed by atoms with E-state index in [1.54, 1.807) is 16.5 Å². The molecule has 0 aliphatic rings. The van der Waals surface area contributed by atoms with E-state index in [4.69, 9.17) is 22.1 Å². The van der Waals surface area contributed by atoms with Gasteiger partial charge in [0.05, 0.1) is 5.69 Å². The molecule has 0 amide bonds. The molecule has 0 aliphatic carbocycles. The fourth-order valence-electron chi connectivity index (χ4n) is 1.91. The molecule has 1 aromatic carbocycles. The van der Waals surface area contributed by atoms with E-state index >= 15 is 0 Å². The summed E-state index contributed by atoms with van der Waals surface area (Å²) in [4.78, 5) is 0. The van der Waals surface area contributed by atoms with Gasteiger partial charge in [-0.05, 0) is 31.2 Å². The Bertz CT molecular complexity index is 752. The number of nitrogens with two attached hydrogens (primary N) is 1. The number of nitrogens with zero attached hydrogens (tertiary/aromatic N) is 3. The average molecular weight is 289 g/mol. The number of ether oxygens (including phenoxy) is 1. The van der Waals surface area contributed by atoms with Crippen molar-refractivity contribution in [3.63, 3.8) is 0 Å². The molecule has 0 fully saturated rings. The summed E-state index contributed by atoms with van der Waals surface area (Å²) < 4.78 is 7.37. The minimum Gasteiger partial charge on any atom is -0.486 e. The van der Waals surface area contributed by atoms with Crippen molar-refractivity contribution in [3.05, 3.63) is 52.9 Å². The number of fused-ring (bicyclic) bond motifs is 1. The van der Waals surface area contributed by atoms with Gasteiger partial charge in [0.25, 0.3) is 0 Å². The van der Waals surface area contributed by atoms with E-state index in [-0.39, 0.29) is 6.61 Å². The second-order valence-corrected chi connectivity index (χ2v) is 4.88. The van der Waals surface area contributed by atoms with Crippen LogP contribution in [0.4, 0.5) is 5.69 Å². The number of hydrogen-bond acceptors (Lipinski definition) is 4. The first-order valence-corrected chi connectivity index (χ1v) is 6.50. The first-order valence-electron chi connectivity index (χ1n) is 6.12. The minimum atomic E-state index is 0.271. The molecule has 2 N–H and O–H groups in total. The van der Waals surface area contributed by atoms with E-state index in [1.807, 2.05) is 31.2 Å². The summed E-state index contributed by atoms with van der Waals surface area (Å²) >= 11 is 6.15. The molecular formula is C14H13ClN4O. The number of aromatic nitrogens is 3. The Balaban J connectivity index is 1.88. The van der Waals surface area contributed by atoms with E-state index in [9.17, 15) is 0 Å². The van der Waals surface area contributed by atoms with Crippen molar-refractivity contribution in [1.29, 1.82) is 0 Å². The third-order valence-corrected chi connectivity index (χ3v) is 3.29. The van der Waals surface area contributed by atoms with Crippen LogP contribution in [0.5, 0.6) is 5.75 Å². The second kappa shape index (κ2) is 5.02. The Morgan fingerprint density at radius 3 is 2.65 bits per heavy atom. The third kappa shape index (κ3) is 2.28. The summed E-state index contributed by atoms with van der Waals surface area (Å²) in [5, 5.41) is 8.60. The highest BCUT2D eigenvalue weighted by atomic mass is 35.5. The van der Waals surface area contributed by atoms with Gasteiger partial charge in [-0.15, -0.1) is 10.2 Å². The summed E-state index contributed by atoms with van der Waals surface area (Å²) in [7, 11) is 0. The zero-order chi connectivity index (χ0) is 14.1. The largest absolute Gasteiger partial charge is 0.486 e. The fraction of sp³-hybridized carbons (Fsp3) is 0.143. The predicted octanol–water partition coefficient (Wildman–Crippen LogP) is 2.85. The zero-order valence-corrected chi connectivity index (χ0v) is 11.6. The zero-order valence-electron chi connectivity index (χ0n) is 10.9. The molecule has 0 spiro atoms. The lowest BCUT2D eigenvalue weighted by atomic mass is 10.2. The van der Waals surface area contributed by atoms with E-state index < -0.39 is 0 Å². The lowest BCUT2D eigenvalue weighted by Crippen LogP contribution is -2.03. The SMILES string of the molecule is Cc1ccc(OCc2nnc3c(N)ccc(Cl)n23)cc1. The number of anilines is 1. The Labute approximate surface area is 121 Å². The number of hydrogen-bond donors (Lipinski definition) is 1. The van der Waals surface area contributed by atoms with Gasteiger partial charge in [-0.25, -0.2) is 0 Å². The van der Waals surface area contributed by atoms with Gasteiger partial charge in [-0.2, -0.15) is 0 Å². The van der Waals surface area contributed by atoms with E-state index in [0.717, 1.165) is 5.75 Å². The monoisotopic (exact) mass is 288 g/mol. The number of pyridine rings is 1. The van der Waals surface area contributed by atoms with Crippen LogP contribution in [0.15, 0.2) is 36.4 Å². The molecule has 0 atom stereocenters. The van der Waals surface area contributed by atoms with Crippen LogP contribution in [0.2, 0.25) is 5.15 Å². The molecule has 3 aromatic rings. The lowest BCUT2D eigenvalue weighted by molar-refractivity contribution is 0.294. The molecule has 0 bridgehead atoms. The van der Waals surface area contributed by atoms with Gasteiger partial charge in [0.1, 0.15) is 17.5 Å². The van der Waals surface area contributed by atoms with Crippen LogP contribution in [-0.4, -0.2) is 14.6 Å². The quantitative estimate of drug-likeness (QED) is 0.753. The van der Waals surface area contributed by atoms with Crippen molar-refractivity contribution in [3.8, 4) is 5.75 Å². The van der Waals surface area contributed by atoms with E-state index in [1.165, 1.54) is 5.56 Å². The molecule has 0 aliphatic heterocycles. The van der Waals surface area contributed by atoms with Crippen LogP contribution in [0.3, 0.4) is 0 Å². The average Bonchev–Trinajstić information content (AvgIpc) is 2.88. The Hall–Kier alpha value is -2.27. The third-order valence-electron chi connectivity index (χ3n) is 2.99. The fourth-order valence-corrected chi connectivity index (χ4v) is 2.15. The van der Waals surface area contributed by atoms with Gasteiger partial charge in [-0.1, -0.05) is 29.3 Å². The highest BCUT2D eigenvalue weighted by molar-refractivity contribution is 6.29. The second-order valence-electron chi connectivity index (χ2n) is 4.49. The highest BCUT2D eigenvalue weighted by Gasteiger charge is 2.11. The van der Waals surface area contributed by atoms with Gasteiger partial charge in [0.15, 0.2) is 11.5 Å². The highest BCUT2D eigenvalue weighted by Crippen LogP contribution is 2.20. The first-order chi connectivity index (χ1) is 9.65. The molecule has 0 unspecified atom stereocenters. The first kappa shape index (κ1) is 12.7. The summed E-state index contributed by atoms with van der Waals surface area (Å²) in [6.07, 6.45) is 0. The Morgan fingerprint density at radius 2 is 1.90 bits per heavy atom. The minimum absolute atomic E-state index is 0.271. The smallest absolute Gasteiger partial charge is 0.185 e. The summed E-state index contributed by atoms with van der Waals surface area (Å²) in [6.45, 7) is 2.30. The molecular weight excluding hydrogens is 276 g/mol. The molecule has 3 rings (SSSR count). The van der Waals surface area contributed by atoms with Crippen LogP contribution in [-0.2, 0) is 6.61 Å². The van der Waals surface area contributed by atoms with Gasteiger partial charge < -0.3 is 10.5 Å². The number of aryl methyl sites for hydroxylation is 1. The number of nitrogen functional groups attached to an aromatic ring is 1. The maximum atomic E-state index is 6.15. The number of rotatable bonds is 3. The van der Waals surface area contributed by atoms with Crippen molar-refractivity contribution < 1.29 is 4.74 Å². The lowest BCUT2D eigenvalue weighted by Gasteiger charge is -2.06. The molecule has 20 heavy (non-hydrogen) atoms. The Kier molecular flexibility index (Phi) is 3.20. The van der Waals surface area contributed by atoms with Crippen molar-refractivity contribution in [1.82, 2.24) is 14.6 Å². The van der Waals surface area contributed by atoms with Gasteiger partial charge in [-0.3, -0.25) is 4.40 Å². The van der Waals surface area contributed by atoms with Crippen molar-refractivity contribution in [2.75, 3.05) is 5.73 Å². The van der Waals surface area contributed by atoms with E-state index in [0.29, 0.717) is 22.3 Å². The van der Waals surface area contributed by atoms with Crippen LogP contribution in [0.25, 0.3) is 5.65 Å². The van der Waals surface area contributed by atoms with Gasteiger partial charge in [0.2, 0.25) is 0 Å². The number of benzene rings is 1. The molecule has 0 saturated carbocycles. The molecule has 2 heterocycles. The predicted molar refractivity (Wildman–Crippen MR) is 77.9 cm³/mol. The molecule has 102 valence electrons. The maximum absolute atomic E-state index is 6.15. The van der Waals surface area contributed by atoms with Crippen molar-refractivity contribution in [2.24, 2.45) is 0 Å². The van der Waals surface area contributed by atoms with Crippen LogP contribution in [0, 0.1) is 6.92 Å². The van der Waals surface area contributed by atoms with Crippen LogP contribution in [0.1, 0.15) is 11.4 Å². The van der Waals surface area contributed by atoms with Crippen molar-refractivity contribution >= 4 is 22.9 Å². The van der Waals surface area contributed by atoms with Crippen LogP contribution >= 0.6 is 11.6 Å². The molecule has 6 heteroatoms. The number of halogens is 1. The van der Waals surface area contributed by atoms with Crippen molar-refractivity contribution in [2.45, 2.75) is 13.5 Å². The standard InChI is InChI=1S/C14H13ClN4O/c1-9-2-4-10(5-3-9)20-8-13-17-18-14-11(16)6-7-12(15)19(13)14/h2-7H,8,16H2,1H3. The van der Waals surface area contributed by atoms with Gasteiger partial charge in [0, 0.05) is 0 Å². The molecule has 5 nitrogen and oxygen atoms in total. The normalized spacial score (nSPS) is 10.9. The van der Waals surface area contributed by atoms with Crippen LogP contribution < -0.4 is 10.5 Å². The van der Waals surface area contributed by atoms with E-state index in [2.05, 4.69) is 10.2 Å². The summed E-state index contributed by atoms with van der Waals surface area (Å²) in [5.41, 5.74) is 8.09. The molecule has 0 radical (unpaired) electrons. The molecule has 2 aromatic heterocycles.